The maximum absolute atomic E-state index is 12.8. The second-order valence-electron chi connectivity index (χ2n) is 9.95. The molecule has 166 valence electrons. The quantitative estimate of drug-likeness (QED) is 0.617. The van der Waals surface area contributed by atoms with Crippen molar-refractivity contribution < 1.29 is 14.7 Å². The molecule has 1 aromatic heterocycles. The molecule has 7 heteroatoms. The van der Waals surface area contributed by atoms with Gasteiger partial charge < -0.3 is 15.7 Å². The normalized spacial score (nSPS) is 26.3. The number of aliphatic hydroxyl groups excluding tert-OH is 1. The van der Waals surface area contributed by atoms with Crippen molar-refractivity contribution in [3.63, 3.8) is 0 Å². The minimum atomic E-state index is -0.584. The first-order valence-electron chi connectivity index (χ1n) is 11.4. The van der Waals surface area contributed by atoms with Gasteiger partial charge in [0, 0.05) is 28.9 Å². The van der Waals surface area contributed by atoms with Gasteiger partial charge in [-0.1, -0.05) is 0 Å². The Balaban J connectivity index is 1.28. The van der Waals surface area contributed by atoms with Crippen molar-refractivity contribution in [3.05, 3.63) is 21.4 Å². The fourth-order valence-electron chi connectivity index (χ4n) is 5.45. The molecule has 3 N–H and O–H groups in total. The lowest BCUT2D eigenvalue weighted by Gasteiger charge is -2.39. The molecule has 0 spiro atoms. The topological polar surface area (TPSA) is 81.7 Å². The van der Waals surface area contributed by atoms with E-state index in [4.69, 9.17) is 0 Å². The van der Waals surface area contributed by atoms with Crippen molar-refractivity contribution in [2.75, 3.05) is 19.7 Å². The molecular weight excluding hydrogens is 398 g/mol. The van der Waals surface area contributed by atoms with Crippen LogP contribution in [0.4, 0.5) is 0 Å². The van der Waals surface area contributed by atoms with Crippen LogP contribution in [0.15, 0.2) is 5.38 Å². The van der Waals surface area contributed by atoms with Crippen LogP contribution in [0.2, 0.25) is 0 Å². The molecule has 3 heterocycles. The molecule has 2 bridgehead atoms. The van der Waals surface area contributed by atoms with Crippen LogP contribution in [0.3, 0.4) is 0 Å². The van der Waals surface area contributed by atoms with Gasteiger partial charge in [0.05, 0.1) is 24.3 Å². The zero-order valence-electron chi connectivity index (χ0n) is 18.2. The van der Waals surface area contributed by atoms with Crippen LogP contribution in [0.1, 0.15) is 73.2 Å². The number of piperidine rings is 1. The molecule has 3 aliphatic rings. The Morgan fingerprint density at radius 2 is 1.90 bits per heavy atom. The van der Waals surface area contributed by atoms with E-state index in [2.05, 4.69) is 15.5 Å². The van der Waals surface area contributed by atoms with Crippen LogP contribution in [0.5, 0.6) is 0 Å². The summed E-state index contributed by atoms with van der Waals surface area (Å²) in [5.41, 5.74) is 1.60. The van der Waals surface area contributed by atoms with Crippen LogP contribution in [-0.4, -0.2) is 59.1 Å². The highest BCUT2D eigenvalue weighted by atomic mass is 32.1. The Morgan fingerprint density at radius 1 is 1.20 bits per heavy atom. The fourth-order valence-corrected chi connectivity index (χ4v) is 6.58. The molecule has 30 heavy (non-hydrogen) atoms. The number of aliphatic hydroxyl groups is 1. The van der Waals surface area contributed by atoms with E-state index in [0.717, 1.165) is 50.6 Å². The van der Waals surface area contributed by atoms with Gasteiger partial charge in [-0.2, -0.15) is 0 Å². The molecule has 2 fully saturated rings. The Hall–Kier alpha value is -1.44. The number of nitrogens with one attached hydrogen (secondary N) is 2. The van der Waals surface area contributed by atoms with Crippen LogP contribution in [0.25, 0.3) is 0 Å². The molecule has 3 atom stereocenters. The molecular formula is C23H35N3O3S. The standard InChI is InChI=1S/C23H35N3O3S/c1-23(2,14-27)25-21(28)12-26-16-7-8-17(26)10-15(9-16)11-24-22(29)19-13-30-20-6-4-3-5-18(19)20/h13,15-17,27H,3-12,14H2,1-2H3,(H,24,29)(H,25,28)/t15-,16-,17+. The Bertz CT molecular complexity index is 777. The zero-order valence-corrected chi connectivity index (χ0v) is 19.0. The monoisotopic (exact) mass is 433 g/mol. The molecule has 6 nitrogen and oxygen atoms in total. The summed E-state index contributed by atoms with van der Waals surface area (Å²) in [7, 11) is 0. The van der Waals surface area contributed by atoms with Crippen molar-refractivity contribution >= 4 is 23.2 Å². The van der Waals surface area contributed by atoms with Crippen molar-refractivity contribution in [2.45, 2.75) is 82.8 Å². The lowest BCUT2D eigenvalue weighted by atomic mass is 9.90. The number of carbonyl (C=O) groups excluding carboxylic acids is 2. The van der Waals surface area contributed by atoms with Gasteiger partial charge in [0.25, 0.3) is 5.91 Å². The summed E-state index contributed by atoms with van der Waals surface area (Å²) in [5.74, 6) is 0.559. The third kappa shape index (κ3) is 4.73. The van der Waals surface area contributed by atoms with Gasteiger partial charge in [-0.05, 0) is 76.7 Å². The average molecular weight is 434 g/mol. The molecule has 2 amide bonds. The van der Waals surface area contributed by atoms with E-state index in [9.17, 15) is 14.7 Å². The van der Waals surface area contributed by atoms with Gasteiger partial charge in [-0.25, -0.2) is 0 Å². The molecule has 0 aromatic carbocycles. The predicted octanol–water partition coefficient (Wildman–Crippen LogP) is 2.49. The number of hydrogen-bond acceptors (Lipinski definition) is 5. The number of aryl methyl sites for hydroxylation is 1. The molecule has 4 rings (SSSR count). The van der Waals surface area contributed by atoms with Crippen molar-refractivity contribution in [2.24, 2.45) is 5.92 Å². The predicted molar refractivity (Wildman–Crippen MR) is 119 cm³/mol. The molecule has 0 unspecified atom stereocenters. The smallest absolute Gasteiger partial charge is 0.252 e. The number of carbonyl (C=O) groups is 2. The van der Waals surface area contributed by atoms with E-state index in [0.29, 0.717) is 24.5 Å². The Labute approximate surface area is 183 Å². The summed E-state index contributed by atoms with van der Waals surface area (Å²) in [4.78, 5) is 29.0. The fraction of sp³-hybridized carbons (Fsp3) is 0.739. The van der Waals surface area contributed by atoms with Gasteiger partial charge in [0.2, 0.25) is 5.91 Å². The summed E-state index contributed by atoms with van der Waals surface area (Å²) in [6.45, 7) is 4.73. The average Bonchev–Trinajstić information content (AvgIpc) is 3.23. The number of amides is 2. The van der Waals surface area contributed by atoms with Crippen LogP contribution < -0.4 is 10.6 Å². The summed E-state index contributed by atoms with van der Waals surface area (Å²) >= 11 is 1.74. The largest absolute Gasteiger partial charge is 0.394 e. The van der Waals surface area contributed by atoms with Gasteiger partial charge in [0.1, 0.15) is 0 Å². The van der Waals surface area contributed by atoms with Crippen LogP contribution >= 0.6 is 11.3 Å². The van der Waals surface area contributed by atoms with E-state index < -0.39 is 5.54 Å². The third-order valence-electron chi connectivity index (χ3n) is 7.04. The van der Waals surface area contributed by atoms with E-state index in [1.54, 1.807) is 11.3 Å². The first-order chi connectivity index (χ1) is 14.4. The maximum atomic E-state index is 12.8. The lowest BCUT2D eigenvalue weighted by Crippen LogP contribution is -2.53. The maximum Gasteiger partial charge on any atom is 0.252 e. The summed E-state index contributed by atoms with van der Waals surface area (Å²) in [6, 6.07) is 0.838. The number of nitrogens with zero attached hydrogens (tertiary/aromatic N) is 1. The van der Waals surface area contributed by atoms with E-state index in [1.807, 2.05) is 19.2 Å². The molecule has 2 saturated heterocycles. The van der Waals surface area contributed by atoms with Crippen molar-refractivity contribution in [1.82, 2.24) is 15.5 Å². The van der Waals surface area contributed by atoms with Crippen LogP contribution in [0, 0.1) is 5.92 Å². The SMILES string of the molecule is CC(C)(CO)NC(=O)CN1[C@@H]2CC[C@H]1C[C@H](CNC(=O)c1csc3c1CCCC3)C2. The Kier molecular flexibility index (Phi) is 6.51. The molecule has 1 aromatic rings. The minimum Gasteiger partial charge on any atom is -0.394 e. The van der Waals surface area contributed by atoms with E-state index in [1.165, 1.54) is 23.3 Å². The van der Waals surface area contributed by atoms with Crippen molar-refractivity contribution in [3.8, 4) is 0 Å². The number of rotatable bonds is 7. The minimum absolute atomic E-state index is 0.0139. The highest BCUT2D eigenvalue weighted by Crippen LogP contribution is 2.38. The summed E-state index contributed by atoms with van der Waals surface area (Å²) < 4.78 is 0. The number of fused-ring (bicyclic) bond motifs is 3. The second-order valence-corrected chi connectivity index (χ2v) is 10.9. The van der Waals surface area contributed by atoms with Gasteiger partial charge in [0.15, 0.2) is 0 Å². The van der Waals surface area contributed by atoms with E-state index in [-0.39, 0.29) is 18.4 Å². The highest BCUT2D eigenvalue weighted by molar-refractivity contribution is 7.10. The van der Waals surface area contributed by atoms with Crippen LogP contribution in [-0.2, 0) is 17.6 Å². The zero-order chi connectivity index (χ0) is 21.3. The third-order valence-corrected chi connectivity index (χ3v) is 8.13. The highest BCUT2D eigenvalue weighted by Gasteiger charge is 2.41. The molecule has 2 aliphatic heterocycles. The van der Waals surface area contributed by atoms with Crippen molar-refractivity contribution in [1.29, 1.82) is 0 Å². The Morgan fingerprint density at radius 3 is 2.60 bits per heavy atom. The van der Waals surface area contributed by atoms with E-state index >= 15 is 0 Å². The first-order valence-corrected chi connectivity index (χ1v) is 12.3. The summed E-state index contributed by atoms with van der Waals surface area (Å²) in [5, 5.41) is 17.6. The molecule has 0 saturated carbocycles. The molecule has 0 radical (unpaired) electrons. The molecule has 1 aliphatic carbocycles. The number of hydrogen-bond donors (Lipinski definition) is 3. The summed E-state index contributed by atoms with van der Waals surface area (Å²) in [6.07, 6.45) is 8.93. The number of thiophene rings is 1. The first kappa shape index (κ1) is 21.8. The lowest BCUT2D eigenvalue weighted by molar-refractivity contribution is -0.125. The van der Waals surface area contributed by atoms with Gasteiger partial charge >= 0.3 is 0 Å². The van der Waals surface area contributed by atoms with Gasteiger partial charge in [-0.15, -0.1) is 11.3 Å². The van der Waals surface area contributed by atoms with Gasteiger partial charge in [-0.3, -0.25) is 14.5 Å². The second kappa shape index (κ2) is 8.97.